The summed E-state index contributed by atoms with van der Waals surface area (Å²) in [5, 5.41) is 3.26. The standard InChI is InChI=1S/C10H13ClFN/c1-2-3-7-13-9-6-4-5-8(12)10(9)11/h4-6,13H,2-3,7H2,1H3. The van der Waals surface area contributed by atoms with Gasteiger partial charge in [-0.25, -0.2) is 4.39 Å². The van der Waals surface area contributed by atoms with E-state index in [9.17, 15) is 4.39 Å². The molecule has 0 heterocycles. The SMILES string of the molecule is CCCCNc1cccc(F)c1Cl. The summed E-state index contributed by atoms with van der Waals surface area (Å²) in [5.41, 5.74) is 0.676. The number of hydrogen-bond donors (Lipinski definition) is 1. The fourth-order valence-corrected chi connectivity index (χ4v) is 1.23. The van der Waals surface area contributed by atoms with Crippen molar-refractivity contribution < 1.29 is 4.39 Å². The minimum atomic E-state index is -0.372. The third-order valence-electron chi connectivity index (χ3n) is 1.80. The van der Waals surface area contributed by atoms with Crippen LogP contribution in [0.2, 0.25) is 5.02 Å². The third kappa shape index (κ3) is 2.88. The van der Waals surface area contributed by atoms with Crippen LogP contribution in [0.3, 0.4) is 0 Å². The fraction of sp³-hybridized carbons (Fsp3) is 0.400. The van der Waals surface area contributed by atoms with Gasteiger partial charge in [0.2, 0.25) is 0 Å². The lowest BCUT2D eigenvalue weighted by Crippen LogP contribution is -2.01. The molecule has 0 amide bonds. The Bertz CT molecular complexity index is 276. The highest BCUT2D eigenvalue weighted by Crippen LogP contribution is 2.24. The van der Waals surface area contributed by atoms with Crippen LogP contribution >= 0.6 is 11.6 Å². The molecular weight excluding hydrogens is 189 g/mol. The van der Waals surface area contributed by atoms with Crippen molar-refractivity contribution in [2.45, 2.75) is 19.8 Å². The molecule has 0 bridgehead atoms. The maximum atomic E-state index is 12.9. The summed E-state index contributed by atoms with van der Waals surface area (Å²) in [6.07, 6.45) is 2.17. The molecule has 0 aliphatic carbocycles. The molecule has 0 radical (unpaired) electrons. The zero-order chi connectivity index (χ0) is 9.68. The van der Waals surface area contributed by atoms with Crippen molar-refractivity contribution in [3.05, 3.63) is 29.0 Å². The predicted octanol–water partition coefficient (Wildman–Crippen LogP) is 3.69. The van der Waals surface area contributed by atoms with Crippen molar-refractivity contribution >= 4 is 17.3 Å². The van der Waals surface area contributed by atoms with Gasteiger partial charge < -0.3 is 5.32 Å². The maximum Gasteiger partial charge on any atom is 0.143 e. The lowest BCUT2D eigenvalue weighted by molar-refractivity contribution is 0.628. The van der Waals surface area contributed by atoms with E-state index in [1.165, 1.54) is 6.07 Å². The molecule has 0 aliphatic heterocycles. The molecule has 72 valence electrons. The van der Waals surface area contributed by atoms with Crippen molar-refractivity contribution in [3.8, 4) is 0 Å². The van der Waals surface area contributed by atoms with Gasteiger partial charge in [0.25, 0.3) is 0 Å². The summed E-state index contributed by atoms with van der Waals surface area (Å²) in [5.74, 6) is -0.372. The first-order chi connectivity index (χ1) is 6.25. The third-order valence-corrected chi connectivity index (χ3v) is 2.18. The van der Waals surface area contributed by atoms with Crippen LogP contribution < -0.4 is 5.32 Å². The molecule has 1 N–H and O–H groups in total. The molecule has 0 spiro atoms. The van der Waals surface area contributed by atoms with E-state index in [2.05, 4.69) is 12.2 Å². The molecule has 0 unspecified atom stereocenters. The number of hydrogen-bond acceptors (Lipinski definition) is 1. The Kier molecular flexibility index (Phi) is 4.03. The van der Waals surface area contributed by atoms with Crippen LogP contribution in [-0.4, -0.2) is 6.54 Å². The highest BCUT2D eigenvalue weighted by molar-refractivity contribution is 6.33. The first kappa shape index (κ1) is 10.3. The summed E-state index contributed by atoms with van der Waals surface area (Å²) in [6, 6.07) is 4.78. The van der Waals surface area contributed by atoms with Crippen molar-refractivity contribution in [1.82, 2.24) is 0 Å². The van der Waals surface area contributed by atoms with E-state index in [1.54, 1.807) is 12.1 Å². The molecule has 0 atom stereocenters. The number of unbranched alkanes of at least 4 members (excludes halogenated alkanes) is 1. The van der Waals surface area contributed by atoms with Crippen molar-refractivity contribution in [1.29, 1.82) is 0 Å². The second-order valence-corrected chi connectivity index (χ2v) is 3.26. The Morgan fingerprint density at radius 2 is 2.23 bits per heavy atom. The largest absolute Gasteiger partial charge is 0.384 e. The molecule has 0 saturated carbocycles. The normalized spacial score (nSPS) is 10.1. The molecule has 0 saturated heterocycles. The quantitative estimate of drug-likeness (QED) is 0.733. The fourth-order valence-electron chi connectivity index (χ4n) is 1.04. The Labute approximate surface area is 82.9 Å². The summed E-state index contributed by atoms with van der Waals surface area (Å²) in [4.78, 5) is 0. The number of anilines is 1. The number of benzene rings is 1. The summed E-state index contributed by atoms with van der Waals surface area (Å²) < 4.78 is 12.9. The molecule has 1 aromatic carbocycles. The van der Waals surface area contributed by atoms with Gasteiger partial charge >= 0.3 is 0 Å². The minimum Gasteiger partial charge on any atom is -0.384 e. The van der Waals surface area contributed by atoms with Gasteiger partial charge in [0, 0.05) is 6.54 Å². The van der Waals surface area contributed by atoms with Gasteiger partial charge in [0.15, 0.2) is 0 Å². The highest BCUT2D eigenvalue weighted by Gasteiger charge is 2.03. The Hall–Kier alpha value is -0.760. The summed E-state index contributed by atoms with van der Waals surface area (Å²) in [6.45, 7) is 2.94. The second kappa shape index (κ2) is 5.07. The molecule has 0 aliphatic rings. The lowest BCUT2D eigenvalue weighted by atomic mass is 10.3. The van der Waals surface area contributed by atoms with E-state index in [-0.39, 0.29) is 10.8 Å². The van der Waals surface area contributed by atoms with Crippen molar-refractivity contribution in [2.24, 2.45) is 0 Å². The van der Waals surface area contributed by atoms with Crippen LogP contribution in [0.25, 0.3) is 0 Å². The molecule has 0 aromatic heterocycles. The van der Waals surface area contributed by atoms with Gasteiger partial charge in [-0.1, -0.05) is 31.0 Å². The minimum absolute atomic E-state index is 0.179. The maximum absolute atomic E-state index is 12.9. The van der Waals surface area contributed by atoms with Crippen molar-refractivity contribution in [3.63, 3.8) is 0 Å². The summed E-state index contributed by atoms with van der Waals surface area (Å²) >= 11 is 5.73. The molecule has 13 heavy (non-hydrogen) atoms. The van der Waals surface area contributed by atoms with E-state index >= 15 is 0 Å². The van der Waals surface area contributed by atoms with Crippen LogP contribution in [-0.2, 0) is 0 Å². The second-order valence-electron chi connectivity index (χ2n) is 2.88. The van der Waals surface area contributed by atoms with Gasteiger partial charge in [-0.3, -0.25) is 0 Å². The molecule has 3 heteroatoms. The van der Waals surface area contributed by atoms with E-state index in [0.717, 1.165) is 19.4 Å². The van der Waals surface area contributed by atoms with E-state index in [1.807, 2.05) is 0 Å². The van der Waals surface area contributed by atoms with E-state index < -0.39 is 0 Å². The smallest absolute Gasteiger partial charge is 0.143 e. The number of halogens is 2. The van der Waals surface area contributed by atoms with Gasteiger partial charge in [-0.05, 0) is 18.6 Å². The Morgan fingerprint density at radius 1 is 1.46 bits per heavy atom. The van der Waals surface area contributed by atoms with Gasteiger partial charge in [0.05, 0.1) is 10.7 Å². The highest BCUT2D eigenvalue weighted by atomic mass is 35.5. The van der Waals surface area contributed by atoms with Crippen LogP contribution in [0.1, 0.15) is 19.8 Å². The monoisotopic (exact) mass is 201 g/mol. The van der Waals surface area contributed by atoms with Crippen LogP contribution in [0.5, 0.6) is 0 Å². The number of nitrogens with one attached hydrogen (secondary N) is 1. The molecule has 1 nitrogen and oxygen atoms in total. The molecule has 1 aromatic rings. The van der Waals surface area contributed by atoms with Crippen LogP contribution in [0.15, 0.2) is 18.2 Å². The van der Waals surface area contributed by atoms with E-state index in [0.29, 0.717) is 5.69 Å². The first-order valence-electron chi connectivity index (χ1n) is 4.43. The van der Waals surface area contributed by atoms with Crippen LogP contribution in [0.4, 0.5) is 10.1 Å². The van der Waals surface area contributed by atoms with Gasteiger partial charge in [-0.15, -0.1) is 0 Å². The van der Waals surface area contributed by atoms with Crippen LogP contribution in [0, 0.1) is 5.82 Å². The average Bonchev–Trinajstić information content (AvgIpc) is 2.13. The lowest BCUT2D eigenvalue weighted by Gasteiger charge is -2.07. The topological polar surface area (TPSA) is 12.0 Å². The number of rotatable bonds is 4. The molecular formula is C10H13ClFN. The zero-order valence-corrected chi connectivity index (χ0v) is 8.37. The molecule has 1 rings (SSSR count). The predicted molar refractivity (Wildman–Crippen MR) is 54.8 cm³/mol. The van der Waals surface area contributed by atoms with Crippen molar-refractivity contribution in [2.75, 3.05) is 11.9 Å². The summed E-state index contributed by atoms with van der Waals surface area (Å²) in [7, 11) is 0. The Balaban J connectivity index is 2.61. The van der Waals surface area contributed by atoms with E-state index in [4.69, 9.17) is 11.6 Å². The van der Waals surface area contributed by atoms with Gasteiger partial charge in [-0.2, -0.15) is 0 Å². The zero-order valence-electron chi connectivity index (χ0n) is 7.61. The van der Waals surface area contributed by atoms with Gasteiger partial charge in [0.1, 0.15) is 5.82 Å². The Morgan fingerprint density at radius 3 is 2.92 bits per heavy atom. The first-order valence-corrected chi connectivity index (χ1v) is 4.81. The molecule has 0 fully saturated rings. The average molecular weight is 202 g/mol.